The zero-order valence-corrected chi connectivity index (χ0v) is 13.7. The maximum atomic E-state index is 12.7. The van der Waals surface area contributed by atoms with Crippen LogP contribution < -0.4 is 0 Å². The summed E-state index contributed by atoms with van der Waals surface area (Å²) in [6.07, 6.45) is 13.4. The molecule has 2 aliphatic carbocycles. The maximum absolute atomic E-state index is 12.7. The van der Waals surface area contributed by atoms with Crippen molar-refractivity contribution in [1.82, 2.24) is 14.3 Å². The highest BCUT2D eigenvalue weighted by atomic mass is 16.2. The summed E-state index contributed by atoms with van der Waals surface area (Å²) in [5.41, 5.74) is 2.07. The molecule has 23 heavy (non-hydrogen) atoms. The standard InChI is InChI=1S/C19H25N3O/c23-19(11-8-15-5-1-2-6-15)22(16-9-10-16)14-17-13-20-18-7-3-4-12-21(17)18/h3-4,7,12-13,15-16H,1-2,5-6,8-11,14H2. The smallest absolute Gasteiger partial charge is 0.223 e. The third-order valence-corrected chi connectivity index (χ3v) is 5.38. The number of hydrogen-bond acceptors (Lipinski definition) is 2. The second-order valence-electron chi connectivity index (χ2n) is 7.12. The van der Waals surface area contributed by atoms with Crippen LogP contribution in [-0.2, 0) is 11.3 Å². The van der Waals surface area contributed by atoms with Crippen molar-refractivity contribution in [1.29, 1.82) is 0 Å². The topological polar surface area (TPSA) is 37.6 Å². The third kappa shape index (κ3) is 3.26. The van der Waals surface area contributed by atoms with Gasteiger partial charge in [0, 0.05) is 18.7 Å². The van der Waals surface area contributed by atoms with Gasteiger partial charge in [0.05, 0.1) is 18.4 Å². The fraction of sp³-hybridized carbons (Fsp3) is 0.579. The van der Waals surface area contributed by atoms with Crippen LogP contribution in [0.1, 0.15) is 57.1 Å². The summed E-state index contributed by atoms with van der Waals surface area (Å²) in [6.45, 7) is 0.694. The minimum Gasteiger partial charge on any atom is -0.334 e. The molecule has 4 nitrogen and oxygen atoms in total. The highest BCUT2D eigenvalue weighted by molar-refractivity contribution is 5.76. The Kier molecular flexibility index (Phi) is 4.06. The van der Waals surface area contributed by atoms with E-state index in [1.165, 1.54) is 25.7 Å². The molecule has 2 fully saturated rings. The van der Waals surface area contributed by atoms with Crippen molar-refractivity contribution >= 4 is 11.6 Å². The first kappa shape index (κ1) is 14.7. The van der Waals surface area contributed by atoms with Crippen molar-refractivity contribution in [2.75, 3.05) is 0 Å². The second kappa shape index (κ2) is 6.34. The monoisotopic (exact) mass is 311 g/mol. The Hall–Kier alpha value is -1.84. The molecule has 0 aliphatic heterocycles. The first-order valence-electron chi connectivity index (χ1n) is 9.02. The average molecular weight is 311 g/mol. The normalized spacial score (nSPS) is 18.6. The Bertz CT molecular complexity index is 683. The van der Waals surface area contributed by atoms with Gasteiger partial charge in [0.25, 0.3) is 0 Å². The van der Waals surface area contributed by atoms with Crippen LogP contribution in [0.15, 0.2) is 30.6 Å². The van der Waals surface area contributed by atoms with Crippen LogP contribution in [0.2, 0.25) is 0 Å². The van der Waals surface area contributed by atoms with Crippen molar-refractivity contribution in [2.24, 2.45) is 5.92 Å². The fourth-order valence-corrected chi connectivity index (χ4v) is 3.85. The van der Waals surface area contributed by atoms with E-state index in [0.717, 1.165) is 42.9 Å². The number of pyridine rings is 1. The summed E-state index contributed by atoms with van der Waals surface area (Å²) in [5.74, 6) is 1.13. The molecule has 0 N–H and O–H groups in total. The summed E-state index contributed by atoms with van der Waals surface area (Å²) in [5, 5.41) is 0. The number of fused-ring (bicyclic) bond motifs is 1. The molecule has 0 atom stereocenters. The Balaban J connectivity index is 1.44. The lowest BCUT2D eigenvalue weighted by molar-refractivity contribution is -0.132. The predicted molar refractivity (Wildman–Crippen MR) is 90.0 cm³/mol. The van der Waals surface area contributed by atoms with Crippen molar-refractivity contribution in [3.63, 3.8) is 0 Å². The number of imidazole rings is 1. The molecule has 0 unspecified atom stereocenters. The van der Waals surface area contributed by atoms with E-state index in [2.05, 4.69) is 14.3 Å². The molecule has 2 saturated carbocycles. The molecule has 2 heterocycles. The molecule has 2 aromatic rings. The summed E-state index contributed by atoms with van der Waals surface area (Å²) >= 11 is 0. The molecule has 0 bridgehead atoms. The number of rotatable bonds is 6. The van der Waals surface area contributed by atoms with Gasteiger partial charge in [0.2, 0.25) is 5.91 Å². The van der Waals surface area contributed by atoms with Crippen LogP contribution in [-0.4, -0.2) is 26.2 Å². The average Bonchev–Trinajstić information content (AvgIpc) is 3.12. The fourth-order valence-electron chi connectivity index (χ4n) is 3.85. The first-order chi connectivity index (χ1) is 11.3. The van der Waals surface area contributed by atoms with Gasteiger partial charge in [-0.25, -0.2) is 4.98 Å². The van der Waals surface area contributed by atoms with Gasteiger partial charge < -0.3 is 9.30 Å². The maximum Gasteiger partial charge on any atom is 0.223 e. The SMILES string of the molecule is O=C(CCC1CCCC1)N(Cc1cnc2ccccn12)C1CC1. The molecule has 0 aromatic carbocycles. The quantitative estimate of drug-likeness (QED) is 0.814. The van der Waals surface area contributed by atoms with Gasteiger partial charge in [-0.1, -0.05) is 31.7 Å². The second-order valence-corrected chi connectivity index (χ2v) is 7.12. The number of nitrogens with zero attached hydrogens (tertiary/aromatic N) is 3. The van der Waals surface area contributed by atoms with Crippen LogP contribution >= 0.6 is 0 Å². The van der Waals surface area contributed by atoms with E-state index in [9.17, 15) is 4.79 Å². The van der Waals surface area contributed by atoms with Crippen molar-refractivity contribution in [2.45, 2.75) is 64.0 Å². The Morgan fingerprint density at radius 2 is 2.04 bits per heavy atom. The van der Waals surface area contributed by atoms with Gasteiger partial charge in [-0.3, -0.25) is 4.79 Å². The lowest BCUT2D eigenvalue weighted by Crippen LogP contribution is -2.33. The Labute approximate surface area is 137 Å². The molecule has 122 valence electrons. The van der Waals surface area contributed by atoms with E-state index in [4.69, 9.17) is 0 Å². The first-order valence-corrected chi connectivity index (χ1v) is 9.02. The van der Waals surface area contributed by atoms with Crippen molar-refractivity contribution in [3.05, 3.63) is 36.3 Å². The van der Waals surface area contributed by atoms with Crippen LogP contribution in [0.25, 0.3) is 5.65 Å². The largest absolute Gasteiger partial charge is 0.334 e. The van der Waals surface area contributed by atoms with Crippen molar-refractivity contribution in [3.8, 4) is 0 Å². The number of amides is 1. The Morgan fingerprint density at radius 1 is 1.22 bits per heavy atom. The number of hydrogen-bond donors (Lipinski definition) is 0. The molecular formula is C19H25N3O. The van der Waals surface area contributed by atoms with Gasteiger partial charge in [-0.2, -0.15) is 0 Å². The Morgan fingerprint density at radius 3 is 2.83 bits per heavy atom. The lowest BCUT2D eigenvalue weighted by atomic mass is 10.0. The number of aromatic nitrogens is 2. The van der Waals surface area contributed by atoms with E-state index in [1.807, 2.05) is 30.6 Å². The third-order valence-electron chi connectivity index (χ3n) is 5.38. The van der Waals surface area contributed by atoms with Gasteiger partial charge in [0.1, 0.15) is 5.65 Å². The van der Waals surface area contributed by atoms with E-state index in [1.54, 1.807) is 0 Å². The van der Waals surface area contributed by atoms with Crippen LogP contribution in [0.4, 0.5) is 0 Å². The van der Waals surface area contributed by atoms with Gasteiger partial charge in [0.15, 0.2) is 0 Å². The molecule has 4 rings (SSSR count). The van der Waals surface area contributed by atoms with Crippen LogP contribution in [0, 0.1) is 5.92 Å². The zero-order valence-electron chi connectivity index (χ0n) is 13.7. The molecule has 0 spiro atoms. The highest BCUT2D eigenvalue weighted by Gasteiger charge is 2.33. The molecule has 0 radical (unpaired) electrons. The summed E-state index contributed by atoms with van der Waals surface area (Å²) in [4.78, 5) is 19.3. The minimum absolute atomic E-state index is 0.338. The number of carbonyl (C=O) groups excluding carboxylic acids is 1. The van der Waals surface area contributed by atoms with Gasteiger partial charge in [-0.05, 0) is 37.3 Å². The molecule has 4 heteroatoms. The minimum atomic E-state index is 0.338. The van der Waals surface area contributed by atoms with Crippen LogP contribution in [0.5, 0.6) is 0 Å². The van der Waals surface area contributed by atoms with E-state index >= 15 is 0 Å². The lowest BCUT2D eigenvalue weighted by Gasteiger charge is -2.23. The van der Waals surface area contributed by atoms with E-state index < -0.39 is 0 Å². The van der Waals surface area contributed by atoms with Crippen LogP contribution in [0.3, 0.4) is 0 Å². The van der Waals surface area contributed by atoms with Gasteiger partial charge in [-0.15, -0.1) is 0 Å². The molecular weight excluding hydrogens is 286 g/mol. The van der Waals surface area contributed by atoms with Gasteiger partial charge >= 0.3 is 0 Å². The molecule has 1 amide bonds. The predicted octanol–water partition coefficient (Wildman–Crippen LogP) is 3.80. The molecule has 2 aromatic heterocycles. The summed E-state index contributed by atoms with van der Waals surface area (Å²) in [7, 11) is 0. The van der Waals surface area contributed by atoms with E-state index in [-0.39, 0.29) is 0 Å². The summed E-state index contributed by atoms with van der Waals surface area (Å²) < 4.78 is 2.10. The summed E-state index contributed by atoms with van der Waals surface area (Å²) in [6, 6.07) is 6.48. The van der Waals surface area contributed by atoms with Crippen molar-refractivity contribution < 1.29 is 4.79 Å². The van der Waals surface area contributed by atoms with E-state index in [0.29, 0.717) is 18.5 Å². The molecule has 0 saturated heterocycles. The molecule has 2 aliphatic rings. The number of carbonyl (C=O) groups is 1. The highest BCUT2D eigenvalue weighted by Crippen LogP contribution is 2.32. The zero-order chi connectivity index (χ0) is 15.6.